The number of hydrogen-bond donors (Lipinski definition) is 1. The predicted molar refractivity (Wildman–Crippen MR) is 108 cm³/mol. The molecule has 0 aliphatic carbocycles. The molecule has 28 heavy (non-hydrogen) atoms. The zero-order valence-electron chi connectivity index (χ0n) is 16.6. The summed E-state index contributed by atoms with van der Waals surface area (Å²) in [6.07, 6.45) is 1.40. The van der Waals surface area contributed by atoms with E-state index in [1.54, 1.807) is 0 Å². The van der Waals surface area contributed by atoms with E-state index in [1.807, 2.05) is 12.1 Å². The van der Waals surface area contributed by atoms with Gasteiger partial charge in [0.1, 0.15) is 0 Å². The quantitative estimate of drug-likeness (QED) is 0.745. The fraction of sp³-hybridized carbons (Fsp3) is 0.632. The van der Waals surface area contributed by atoms with Gasteiger partial charge in [-0.05, 0) is 30.5 Å². The number of ether oxygens (including phenoxy) is 1. The summed E-state index contributed by atoms with van der Waals surface area (Å²) in [5, 5.41) is 2.96. The van der Waals surface area contributed by atoms with Crippen LogP contribution in [0.1, 0.15) is 18.4 Å². The van der Waals surface area contributed by atoms with Gasteiger partial charge in [0, 0.05) is 52.5 Å². The standard InChI is InChI=1S/C19H30N4O4S/c1-21(2)28(25,26)23-9-3-4-17(15-23)19(24)20-14-16-5-7-18(8-6-16)22-10-12-27-13-11-22/h5-8,17H,3-4,9-15H2,1-2H3,(H,20,24). The average Bonchev–Trinajstić information content (AvgIpc) is 2.73. The van der Waals surface area contributed by atoms with Crippen LogP contribution in [0.5, 0.6) is 0 Å². The summed E-state index contributed by atoms with van der Waals surface area (Å²) in [6, 6.07) is 8.18. The summed E-state index contributed by atoms with van der Waals surface area (Å²) in [7, 11) is -0.449. The number of morpholine rings is 1. The van der Waals surface area contributed by atoms with Crippen molar-refractivity contribution in [1.29, 1.82) is 0 Å². The Balaban J connectivity index is 1.52. The summed E-state index contributed by atoms with van der Waals surface area (Å²) in [4.78, 5) is 14.8. The van der Waals surface area contributed by atoms with Crippen molar-refractivity contribution in [3.05, 3.63) is 29.8 Å². The molecule has 1 amide bonds. The number of rotatable bonds is 6. The molecule has 1 N–H and O–H groups in total. The Bertz CT molecular complexity index is 761. The lowest BCUT2D eigenvalue weighted by atomic mass is 9.98. The number of carbonyl (C=O) groups excluding carboxylic acids is 1. The van der Waals surface area contributed by atoms with Gasteiger partial charge >= 0.3 is 0 Å². The fourth-order valence-corrected chi connectivity index (χ4v) is 4.77. The minimum absolute atomic E-state index is 0.0871. The van der Waals surface area contributed by atoms with E-state index in [4.69, 9.17) is 4.74 Å². The van der Waals surface area contributed by atoms with Crippen LogP contribution in [0, 0.1) is 5.92 Å². The second-order valence-electron chi connectivity index (χ2n) is 7.47. The fourth-order valence-electron chi connectivity index (χ4n) is 3.58. The molecule has 1 aromatic rings. The van der Waals surface area contributed by atoms with E-state index in [9.17, 15) is 13.2 Å². The van der Waals surface area contributed by atoms with Crippen molar-refractivity contribution in [2.75, 3.05) is 58.4 Å². The van der Waals surface area contributed by atoms with E-state index in [2.05, 4.69) is 22.3 Å². The highest BCUT2D eigenvalue weighted by molar-refractivity contribution is 7.86. The van der Waals surface area contributed by atoms with Crippen molar-refractivity contribution in [2.24, 2.45) is 5.92 Å². The maximum Gasteiger partial charge on any atom is 0.281 e. The van der Waals surface area contributed by atoms with Gasteiger partial charge in [-0.2, -0.15) is 17.0 Å². The van der Waals surface area contributed by atoms with Crippen molar-refractivity contribution in [1.82, 2.24) is 13.9 Å². The highest BCUT2D eigenvalue weighted by Gasteiger charge is 2.33. The molecule has 0 aromatic heterocycles. The van der Waals surface area contributed by atoms with Gasteiger partial charge in [0.25, 0.3) is 10.2 Å². The largest absolute Gasteiger partial charge is 0.378 e. The molecule has 1 unspecified atom stereocenters. The molecule has 3 rings (SSSR count). The summed E-state index contributed by atoms with van der Waals surface area (Å²) in [6.45, 7) is 4.43. The number of anilines is 1. The Kier molecular flexibility index (Phi) is 6.92. The molecule has 2 saturated heterocycles. The first-order valence-electron chi connectivity index (χ1n) is 9.75. The third-order valence-electron chi connectivity index (χ3n) is 5.32. The SMILES string of the molecule is CN(C)S(=O)(=O)N1CCCC(C(=O)NCc2ccc(N3CCOCC3)cc2)C1. The highest BCUT2D eigenvalue weighted by atomic mass is 32.2. The number of piperidine rings is 1. The van der Waals surface area contributed by atoms with E-state index in [-0.39, 0.29) is 18.4 Å². The molecule has 2 aliphatic heterocycles. The van der Waals surface area contributed by atoms with E-state index in [1.165, 1.54) is 22.7 Å². The number of carbonyl (C=O) groups is 1. The van der Waals surface area contributed by atoms with Crippen LogP contribution in [0.4, 0.5) is 5.69 Å². The number of amides is 1. The minimum Gasteiger partial charge on any atom is -0.378 e. The minimum atomic E-state index is -3.48. The van der Waals surface area contributed by atoms with Crippen molar-refractivity contribution in [3.8, 4) is 0 Å². The maximum absolute atomic E-state index is 12.6. The van der Waals surface area contributed by atoms with Gasteiger partial charge < -0.3 is 15.0 Å². The van der Waals surface area contributed by atoms with Gasteiger partial charge in [-0.1, -0.05) is 12.1 Å². The first-order chi connectivity index (χ1) is 13.4. The van der Waals surface area contributed by atoms with Crippen LogP contribution in [0.2, 0.25) is 0 Å². The molecular weight excluding hydrogens is 380 g/mol. The second kappa shape index (κ2) is 9.21. The molecular formula is C19H30N4O4S. The van der Waals surface area contributed by atoms with Crippen LogP contribution in [0.25, 0.3) is 0 Å². The number of nitrogens with zero attached hydrogens (tertiary/aromatic N) is 3. The van der Waals surface area contributed by atoms with Crippen molar-refractivity contribution < 1.29 is 17.9 Å². The summed E-state index contributed by atoms with van der Waals surface area (Å²) >= 11 is 0. The van der Waals surface area contributed by atoms with E-state index >= 15 is 0 Å². The molecule has 0 saturated carbocycles. The maximum atomic E-state index is 12.6. The third kappa shape index (κ3) is 5.02. The Morgan fingerprint density at radius 3 is 2.50 bits per heavy atom. The average molecular weight is 411 g/mol. The monoisotopic (exact) mass is 410 g/mol. The predicted octanol–water partition coefficient (Wildman–Crippen LogP) is 0.658. The van der Waals surface area contributed by atoms with Crippen LogP contribution in [0.15, 0.2) is 24.3 Å². The van der Waals surface area contributed by atoms with Crippen molar-refractivity contribution in [2.45, 2.75) is 19.4 Å². The summed E-state index contributed by atoms with van der Waals surface area (Å²) in [5.74, 6) is -0.396. The Hall–Kier alpha value is -1.68. The third-order valence-corrected chi connectivity index (χ3v) is 7.23. The summed E-state index contributed by atoms with van der Waals surface area (Å²) in [5.41, 5.74) is 2.19. The molecule has 156 valence electrons. The molecule has 1 aromatic carbocycles. The Morgan fingerprint density at radius 2 is 1.86 bits per heavy atom. The lowest BCUT2D eigenvalue weighted by Crippen LogP contribution is -2.48. The van der Waals surface area contributed by atoms with Crippen LogP contribution >= 0.6 is 0 Å². The second-order valence-corrected chi connectivity index (χ2v) is 9.61. The normalized spacial score (nSPS) is 21.7. The highest BCUT2D eigenvalue weighted by Crippen LogP contribution is 2.21. The van der Waals surface area contributed by atoms with Crippen molar-refractivity contribution in [3.63, 3.8) is 0 Å². The van der Waals surface area contributed by atoms with Gasteiger partial charge in [-0.15, -0.1) is 0 Å². The van der Waals surface area contributed by atoms with E-state index in [0.29, 0.717) is 25.9 Å². The molecule has 2 aliphatic rings. The number of benzene rings is 1. The van der Waals surface area contributed by atoms with Crippen LogP contribution in [-0.2, 0) is 26.3 Å². The van der Waals surface area contributed by atoms with Gasteiger partial charge in [0.15, 0.2) is 0 Å². The van der Waals surface area contributed by atoms with Crippen LogP contribution in [0.3, 0.4) is 0 Å². The lowest BCUT2D eigenvalue weighted by molar-refractivity contribution is -0.126. The van der Waals surface area contributed by atoms with Crippen LogP contribution in [-0.4, -0.2) is 76.4 Å². The van der Waals surface area contributed by atoms with E-state index in [0.717, 1.165) is 37.6 Å². The number of nitrogens with one attached hydrogen (secondary N) is 1. The Labute approximate surface area is 167 Å². The number of hydrogen-bond acceptors (Lipinski definition) is 5. The zero-order chi connectivity index (χ0) is 20.1. The van der Waals surface area contributed by atoms with Gasteiger partial charge in [-0.3, -0.25) is 4.79 Å². The molecule has 9 heteroatoms. The Morgan fingerprint density at radius 1 is 1.18 bits per heavy atom. The molecule has 1 atom stereocenters. The molecule has 0 bridgehead atoms. The summed E-state index contributed by atoms with van der Waals surface area (Å²) < 4.78 is 32.6. The van der Waals surface area contributed by atoms with Gasteiger partial charge in [0.05, 0.1) is 19.1 Å². The molecule has 0 spiro atoms. The molecule has 2 fully saturated rings. The lowest BCUT2D eigenvalue weighted by Gasteiger charge is -2.32. The molecule has 2 heterocycles. The first kappa shape index (κ1) is 21.0. The van der Waals surface area contributed by atoms with Crippen LogP contribution < -0.4 is 10.2 Å². The van der Waals surface area contributed by atoms with Gasteiger partial charge in [0.2, 0.25) is 5.91 Å². The topological polar surface area (TPSA) is 82.2 Å². The van der Waals surface area contributed by atoms with E-state index < -0.39 is 10.2 Å². The van der Waals surface area contributed by atoms with Crippen molar-refractivity contribution >= 4 is 21.8 Å². The molecule has 8 nitrogen and oxygen atoms in total. The first-order valence-corrected chi connectivity index (χ1v) is 11.1. The molecule has 0 radical (unpaired) electrons. The zero-order valence-corrected chi connectivity index (χ0v) is 17.5. The van der Waals surface area contributed by atoms with Gasteiger partial charge in [-0.25, -0.2) is 0 Å². The smallest absolute Gasteiger partial charge is 0.281 e.